The van der Waals surface area contributed by atoms with Crippen LogP contribution in [0.15, 0.2) is 12.1 Å². The molecule has 4 nitrogen and oxygen atoms in total. The summed E-state index contributed by atoms with van der Waals surface area (Å²) in [6, 6.07) is 4.07. The largest absolute Gasteiger partial charge is 0.486 e. The third-order valence-corrected chi connectivity index (χ3v) is 4.17. The summed E-state index contributed by atoms with van der Waals surface area (Å²) >= 11 is 0. The van der Waals surface area contributed by atoms with Gasteiger partial charge in [0.05, 0.1) is 0 Å². The summed E-state index contributed by atoms with van der Waals surface area (Å²) in [7, 11) is 0. The van der Waals surface area contributed by atoms with Gasteiger partial charge in [0.1, 0.15) is 13.2 Å². The van der Waals surface area contributed by atoms with E-state index in [1.54, 1.807) is 0 Å². The SMILES string of the molecule is Cc1cc2c(cc1CCNC(=O)C1CCC1)OCCO2. The smallest absolute Gasteiger partial charge is 0.223 e. The highest BCUT2D eigenvalue weighted by Gasteiger charge is 2.24. The van der Waals surface area contributed by atoms with E-state index in [0.717, 1.165) is 30.8 Å². The van der Waals surface area contributed by atoms with E-state index < -0.39 is 0 Å². The molecule has 0 unspecified atom stereocenters. The van der Waals surface area contributed by atoms with Crippen LogP contribution in [0.2, 0.25) is 0 Å². The van der Waals surface area contributed by atoms with Gasteiger partial charge >= 0.3 is 0 Å². The third-order valence-electron chi connectivity index (χ3n) is 4.17. The Kier molecular flexibility index (Phi) is 3.81. The molecule has 108 valence electrons. The Balaban J connectivity index is 1.58. The number of carbonyl (C=O) groups excluding carboxylic acids is 1. The summed E-state index contributed by atoms with van der Waals surface area (Å²) in [4.78, 5) is 11.8. The second-order valence-electron chi connectivity index (χ2n) is 5.59. The Morgan fingerprint density at radius 3 is 2.60 bits per heavy atom. The molecular weight excluding hydrogens is 254 g/mol. The Morgan fingerprint density at radius 2 is 1.95 bits per heavy atom. The van der Waals surface area contributed by atoms with Crippen molar-refractivity contribution >= 4 is 5.91 Å². The van der Waals surface area contributed by atoms with Crippen molar-refractivity contribution in [2.24, 2.45) is 5.92 Å². The van der Waals surface area contributed by atoms with Crippen molar-refractivity contribution in [3.05, 3.63) is 23.3 Å². The minimum atomic E-state index is 0.214. The summed E-state index contributed by atoms with van der Waals surface area (Å²) in [6.07, 6.45) is 4.13. The molecule has 20 heavy (non-hydrogen) atoms. The van der Waals surface area contributed by atoms with Crippen LogP contribution < -0.4 is 14.8 Å². The molecule has 2 aliphatic rings. The Hall–Kier alpha value is -1.71. The number of fused-ring (bicyclic) bond motifs is 1. The van der Waals surface area contributed by atoms with Gasteiger partial charge in [0, 0.05) is 12.5 Å². The molecule has 1 N–H and O–H groups in total. The molecule has 1 aromatic carbocycles. The zero-order valence-corrected chi connectivity index (χ0v) is 11.9. The molecule has 1 aromatic rings. The number of aryl methyl sites for hydroxylation is 1. The molecule has 4 heteroatoms. The van der Waals surface area contributed by atoms with Gasteiger partial charge < -0.3 is 14.8 Å². The van der Waals surface area contributed by atoms with Crippen LogP contribution in [0.1, 0.15) is 30.4 Å². The van der Waals surface area contributed by atoms with Crippen LogP contribution in [0.5, 0.6) is 11.5 Å². The standard InChI is InChI=1S/C16H21NO3/c1-11-9-14-15(20-8-7-19-14)10-13(11)5-6-17-16(18)12-3-2-4-12/h9-10,12H,2-8H2,1H3,(H,17,18). The first-order chi connectivity index (χ1) is 9.74. The first-order valence-corrected chi connectivity index (χ1v) is 7.41. The van der Waals surface area contributed by atoms with Gasteiger partial charge in [0.25, 0.3) is 0 Å². The van der Waals surface area contributed by atoms with Crippen molar-refractivity contribution in [2.75, 3.05) is 19.8 Å². The number of rotatable bonds is 4. The maximum absolute atomic E-state index is 11.8. The molecule has 3 rings (SSSR count). The van der Waals surface area contributed by atoms with Gasteiger partial charge in [-0.05, 0) is 49.4 Å². The van der Waals surface area contributed by atoms with Crippen LogP contribution >= 0.6 is 0 Å². The van der Waals surface area contributed by atoms with E-state index in [4.69, 9.17) is 9.47 Å². The summed E-state index contributed by atoms with van der Waals surface area (Å²) in [5.41, 5.74) is 2.40. The second-order valence-corrected chi connectivity index (χ2v) is 5.59. The summed E-state index contributed by atoms with van der Waals surface area (Å²) in [6.45, 7) is 3.98. The van der Waals surface area contributed by atoms with E-state index in [-0.39, 0.29) is 11.8 Å². The van der Waals surface area contributed by atoms with Crippen molar-refractivity contribution < 1.29 is 14.3 Å². The zero-order valence-electron chi connectivity index (χ0n) is 11.9. The molecule has 0 bridgehead atoms. The van der Waals surface area contributed by atoms with Gasteiger partial charge in [0.2, 0.25) is 5.91 Å². The lowest BCUT2D eigenvalue weighted by molar-refractivity contribution is -0.127. The van der Waals surface area contributed by atoms with Crippen LogP contribution in [0.3, 0.4) is 0 Å². The number of ether oxygens (including phenoxy) is 2. The van der Waals surface area contributed by atoms with Gasteiger partial charge in [0.15, 0.2) is 11.5 Å². The Labute approximate surface area is 119 Å². The van der Waals surface area contributed by atoms with E-state index >= 15 is 0 Å². The fraction of sp³-hybridized carbons (Fsp3) is 0.562. The molecule has 1 saturated carbocycles. The lowest BCUT2D eigenvalue weighted by atomic mass is 9.85. The summed E-state index contributed by atoms with van der Waals surface area (Å²) in [5, 5.41) is 3.03. The number of carbonyl (C=O) groups is 1. The first kappa shape index (κ1) is 13.3. The molecule has 0 spiro atoms. The van der Waals surface area contributed by atoms with Gasteiger partial charge in [-0.1, -0.05) is 6.42 Å². The quantitative estimate of drug-likeness (QED) is 0.916. The monoisotopic (exact) mass is 275 g/mol. The average molecular weight is 275 g/mol. The van der Waals surface area contributed by atoms with Gasteiger partial charge in [-0.25, -0.2) is 0 Å². The number of hydrogen-bond acceptors (Lipinski definition) is 3. The number of nitrogens with one attached hydrogen (secondary N) is 1. The average Bonchev–Trinajstić information content (AvgIpc) is 2.37. The first-order valence-electron chi connectivity index (χ1n) is 7.41. The molecular formula is C16H21NO3. The molecule has 0 aromatic heterocycles. The number of amides is 1. The predicted octanol–water partition coefficient (Wildman–Crippen LogP) is 2.23. The molecule has 0 atom stereocenters. The highest BCUT2D eigenvalue weighted by Crippen LogP contribution is 2.33. The van der Waals surface area contributed by atoms with Crippen LogP contribution in [-0.4, -0.2) is 25.7 Å². The van der Waals surface area contributed by atoms with E-state index in [2.05, 4.69) is 12.2 Å². The van der Waals surface area contributed by atoms with E-state index in [9.17, 15) is 4.79 Å². The topological polar surface area (TPSA) is 47.6 Å². The highest BCUT2D eigenvalue weighted by molar-refractivity contribution is 5.79. The lowest BCUT2D eigenvalue weighted by Crippen LogP contribution is -2.35. The fourth-order valence-corrected chi connectivity index (χ4v) is 2.64. The molecule has 1 heterocycles. The Morgan fingerprint density at radius 1 is 1.25 bits per heavy atom. The normalized spacial score (nSPS) is 17.4. The summed E-state index contributed by atoms with van der Waals surface area (Å²) < 4.78 is 11.2. The Bertz CT molecular complexity index is 509. The third kappa shape index (κ3) is 2.74. The van der Waals surface area contributed by atoms with Gasteiger partial charge in [-0.2, -0.15) is 0 Å². The molecule has 1 amide bonds. The lowest BCUT2D eigenvalue weighted by Gasteiger charge is -2.24. The zero-order chi connectivity index (χ0) is 13.9. The molecule has 1 aliphatic carbocycles. The molecule has 0 radical (unpaired) electrons. The maximum Gasteiger partial charge on any atom is 0.223 e. The van der Waals surface area contributed by atoms with Crippen LogP contribution in [0.4, 0.5) is 0 Å². The van der Waals surface area contributed by atoms with Crippen molar-refractivity contribution in [2.45, 2.75) is 32.6 Å². The number of benzene rings is 1. The number of hydrogen-bond donors (Lipinski definition) is 1. The van der Waals surface area contributed by atoms with Crippen molar-refractivity contribution in [3.63, 3.8) is 0 Å². The molecule has 1 fully saturated rings. The van der Waals surface area contributed by atoms with Crippen LogP contribution in [-0.2, 0) is 11.2 Å². The minimum absolute atomic E-state index is 0.214. The van der Waals surface area contributed by atoms with E-state index in [1.165, 1.54) is 17.5 Å². The van der Waals surface area contributed by atoms with Gasteiger partial charge in [-0.3, -0.25) is 4.79 Å². The van der Waals surface area contributed by atoms with Crippen molar-refractivity contribution in [1.29, 1.82) is 0 Å². The van der Waals surface area contributed by atoms with Crippen molar-refractivity contribution in [1.82, 2.24) is 5.32 Å². The van der Waals surface area contributed by atoms with E-state index in [0.29, 0.717) is 19.8 Å². The van der Waals surface area contributed by atoms with Gasteiger partial charge in [-0.15, -0.1) is 0 Å². The fourth-order valence-electron chi connectivity index (χ4n) is 2.64. The van der Waals surface area contributed by atoms with Crippen molar-refractivity contribution in [3.8, 4) is 11.5 Å². The van der Waals surface area contributed by atoms with Crippen LogP contribution in [0.25, 0.3) is 0 Å². The maximum atomic E-state index is 11.8. The molecule has 1 aliphatic heterocycles. The second kappa shape index (κ2) is 5.73. The predicted molar refractivity (Wildman–Crippen MR) is 76.2 cm³/mol. The molecule has 0 saturated heterocycles. The van der Waals surface area contributed by atoms with Crippen LogP contribution in [0, 0.1) is 12.8 Å². The highest BCUT2D eigenvalue weighted by atomic mass is 16.6. The van der Waals surface area contributed by atoms with E-state index in [1.807, 2.05) is 12.1 Å². The summed E-state index contributed by atoms with van der Waals surface area (Å²) in [5.74, 6) is 2.13. The minimum Gasteiger partial charge on any atom is -0.486 e.